The van der Waals surface area contributed by atoms with E-state index < -0.39 is 16.2 Å². The molecule has 154 valence electrons. The van der Waals surface area contributed by atoms with Crippen LogP contribution in [0.2, 0.25) is 0 Å². The number of para-hydroxylation sites is 1. The number of amides is 1. The number of fused-ring (bicyclic) bond motifs is 1. The lowest BCUT2D eigenvalue weighted by Gasteiger charge is -2.28. The van der Waals surface area contributed by atoms with Crippen LogP contribution in [-0.2, 0) is 16.6 Å². The van der Waals surface area contributed by atoms with Crippen LogP contribution in [0.3, 0.4) is 0 Å². The molecule has 0 saturated carbocycles. The Hall–Kier alpha value is -3.36. The van der Waals surface area contributed by atoms with Crippen molar-refractivity contribution in [3.8, 4) is 5.75 Å². The monoisotopic (exact) mass is 423 g/mol. The zero-order chi connectivity index (χ0) is 21.1. The van der Waals surface area contributed by atoms with Crippen LogP contribution in [0.25, 0.3) is 0 Å². The zero-order valence-electron chi connectivity index (χ0n) is 16.3. The third-order valence-electron chi connectivity index (χ3n) is 4.84. The molecule has 0 saturated heterocycles. The maximum absolute atomic E-state index is 12.5. The number of carbonyl (C=O) groups is 1. The lowest BCUT2D eigenvalue weighted by Crippen LogP contribution is -2.38. The molecule has 3 aromatic carbocycles. The summed E-state index contributed by atoms with van der Waals surface area (Å²) >= 11 is 0. The Morgan fingerprint density at radius 3 is 2.57 bits per heavy atom. The first-order valence-electron chi connectivity index (χ1n) is 9.35. The summed E-state index contributed by atoms with van der Waals surface area (Å²) in [5.74, 6) is 0.516. The number of anilines is 1. The lowest BCUT2D eigenvalue weighted by atomic mass is 10.1. The Balaban J connectivity index is 1.45. The normalized spacial score (nSPS) is 16.8. The smallest absolute Gasteiger partial charge is 0.251 e. The largest absolute Gasteiger partial charge is 0.497 e. The summed E-state index contributed by atoms with van der Waals surface area (Å²) in [6, 6.07) is 21.0. The van der Waals surface area contributed by atoms with E-state index in [-0.39, 0.29) is 10.8 Å². The maximum Gasteiger partial charge on any atom is 0.251 e. The zero-order valence-corrected chi connectivity index (χ0v) is 17.1. The Kier molecular flexibility index (Phi) is 5.43. The van der Waals surface area contributed by atoms with Crippen LogP contribution in [0.5, 0.6) is 5.75 Å². The number of ether oxygens (including phenoxy) is 1. The highest BCUT2D eigenvalue weighted by molar-refractivity contribution is 7.89. The van der Waals surface area contributed by atoms with Crippen molar-refractivity contribution in [2.24, 2.45) is 0 Å². The summed E-state index contributed by atoms with van der Waals surface area (Å²) in [6.07, 6.45) is -0.612. The number of methoxy groups -OCH3 is 1. The highest BCUT2D eigenvalue weighted by Crippen LogP contribution is 2.30. The van der Waals surface area contributed by atoms with Gasteiger partial charge in [-0.15, -0.1) is 0 Å². The molecule has 0 aromatic heterocycles. The predicted molar refractivity (Wildman–Crippen MR) is 114 cm³/mol. The standard InChI is InChI=1S/C22H21N3O4S/c1-29-18-6-4-5-15(13-18)14-23-22(26)17-11-9-16(10-12-17)21-24-19-7-2-3-8-20(19)30(27,28)25-21/h2-13,21,24-25H,14H2,1H3,(H,23,26)/t21-/m1/s1. The van der Waals surface area contributed by atoms with Gasteiger partial charge in [0.15, 0.2) is 0 Å². The molecule has 30 heavy (non-hydrogen) atoms. The van der Waals surface area contributed by atoms with Crippen molar-refractivity contribution in [3.63, 3.8) is 0 Å². The van der Waals surface area contributed by atoms with Crippen LogP contribution in [0.1, 0.15) is 27.7 Å². The van der Waals surface area contributed by atoms with Gasteiger partial charge in [-0.25, -0.2) is 8.42 Å². The number of hydrogen-bond acceptors (Lipinski definition) is 5. The molecule has 0 unspecified atom stereocenters. The van der Waals surface area contributed by atoms with E-state index in [9.17, 15) is 13.2 Å². The van der Waals surface area contributed by atoms with Gasteiger partial charge in [0, 0.05) is 12.1 Å². The van der Waals surface area contributed by atoms with Crippen molar-refractivity contribution < 1.29 is 17.9 Å². The van der Waals surface area contributed by atoms with Crippen LogP contribution < -0.4 is 20.1 Å². The SMILES string of the molecule is COc1cccc(CNC(=O)c2ccc([C@@H]3Nc4ccccc4S(=O)(=O)N3)cc2)c1. The van der Waals surface area contributed by atoms with Gasteiger partial charge < -0.3 is 15.4 Å². The van der Waals surface area contributed by atoms with Gasteiger partial charge in [0.25, 0.3) is 5.91 Å². The maximum atomic E-state index is 12.5. The van der Waals surface area contributed by atoms with Crippen LogP contribution >= 0.6 is 0 Å². The number of sulfonamides is 1. The van der Waals surface area contributed by atoms with E-state index in [2.05, 4.69) is 15.4 Å². The molecule has 1 atom stereocenters. The predicted octanol–water partition coefficient (Wildman–Crippen LogP) is 3.03. The van der Waals surface area contributed by atoms with Crippen LogP contribution in [0.4, 0.5) is 5.69 Å². The molecule has 0 radical (unpaired) electrons. The second-order valence-corrected chi connectivity index (χ2v) is 8.53. The average molecular weight is 423 g/mol. The number of rotatable bonds is 5. The van der Waals surface area contributed by atoms with Gasteiger partial charge in [-0.2, -0.15) is 4.72 Å². The molecular weight excluding hydrogens is 402 g/mol. The minimum atomic E-state index is -3.61. The molecule has 0 bridgehead atoms. The second-order valence-electron chi connectivity index (χ2n) is 6.85. The molecule has 1 amide bonds. The molecule has 0 spiro atoms. The highest BCUT2D eigenvalue weighted by Gasteiger charge is 2.29. The van der Waals surface area contributed by atoms with Crippen molar-refractivity contribution in [1.82, 2.24) is 10.0 Å². The summed E-state index contributed by atoms with van der Waals surface area (Å²) in [4.78, 5) is 12.7. The van der Waals surface area contributed by atoms with Crippen molar-refractivity contribution in [3.05, 3.63) is 89.5 Å². The van der Waals surface area contributed by atoms with E-state index in [1.165, 1.54) is 0 Å². The molecule has 1 aliphatic heterocycles. The number of benzene rings is 3. The van der Waals surface area contributed by atoms with Gasteiger partial charge in [0.1, 0.15) is 16.8 Å². The van der Waals surface area contributed by atoms with E-state index in [0.29, 0.717) is 23.4 Å². The molecule has 4 rings (SSSR count). The molecular formula is C22H21N3O4S. The number of nitrogens with one attached hydrogen (secondary N) is 3. The molecule has 3 aromatic rings. The average Bonchev–Trinajstić information content (AvgIpc) is 2.77. The molecule has 3 N–H and O–H groups in total. The fourth-order valence-electron chi connectivity index (χ4n) is 3.27. The summed E-state index contributed by atoms with van der Waals surface area (Å²) in [7, 11) is -2.02. The second kappa shape index (κ2) is 8.17. The summed E-state index contributed by atoms with van der Waals surface area (Å²) in [5, 5.41) is 6.04. The minimum Gasteiger partial charge on any atom is -0.497 e. The fraction of sp³-hybridized carbons (Fsp3) is 0.136. The van der Waals surface area contributed by atoms with Gasteiger partial charge in [0.05, 0.1) is 12.8 Å². The summed E-state index contributed by atoms with van der Waals surface area (Å²) in [6.45, 7) is 0.374. The van der Waals surface area contributed by atoms with E-state index in [0.717, 1.165) is 11.3 Å². The van der Waals surface area contributed by atoms with Gasteiger partial charge in [-0.05, 0) is 47.5 Å². The Labute approximate surface area is 175 Å². The first kappa shape index (κ1) is 19.9. The third-order valence-corrected chi connectivity index (χ3v) is 6.32. The van der Waals surface area contributed by atoms with Crippen molar-refractivity contribution in [2.75, 3.05) is 12.4 Å². The molecule has 0 aliphatic carbocycles. The molecule has 1 aliphatic rings. The van der Waals surface area contributed by atoms with Gasteiger partial charge in [-0.1, -0.05) is 36.4 Å². The van der Waals surface area contributed by atoms with E-state index in [1.54, 1.807) is 55.6 Å². The summed E-state index contributed by atoms with van der Waals surface area (Å²) in [5.41, 5.74) is 2.67. The van der Waals surface area contributed by atoms with E-state index >= 15 is 0 Å². The quantitative estimate of drug-likeness (QED) is 0.586. The van der Waals surface area contributed by atoms with Crippen molar-refractivity contribution in [1.29, 1.82) is 0 Å². The van der Waals surface area contributed by atoms with Crippen LogP contribution in [0, 0.1) is 0 Å². The van der Waals surface area contributed by atoms with Crippen molar-refractivity contribution >= 4 is 21.6 Å². The molecule has 8 heteroatoms. The van der Waals surface area contributed by atoms with Gasteiger partial charge in [-0.3, -0.25) is 4.79 Å². The van der Waals surface area contributed by atoms with Crippen molar-refractivity contribution in [2.45, 2.75) is 17.6 Å². The summed E-state index contributed by atoms with van der Waals surface area (Å²) < 4.78 is 32.8. The Bertz CT molecular complexity index is 1180. The highest BCUT2D eigenvalue weighted by atomic mass is 32.2. The first-order chi connectivity index (χ1) is 14.5. The Morgan fingerprint density at radius 1 is 1.03 bits per heavy atom. The van der Waals surface area contributed by atoms with Gasteiger partial charge >= 0.3 is 0 Å². The minimum absolute atomic E-state index is 0.216. The van der Waals surface area contributed by atoms with E-state index in [1.807, 2.05) is 24.3 Å². The molecule has 0 fully saturated rings. The molecule has 7 nitrogen and oxygen atoms in total. The lowest BCUT2D eigenvalue weighted by molar-refractivity contribution is 0.0951. The fourth-order valence-corrected chi connectivity index (χ4v) is 4.58. The van der Waals surface area contributed by atoms with Crippen LogP contribution in [0.15, 0.2) is 77.7 Å². The first-order valence-corrected chi connectivity index (χ1v) is 10.8. The topological polar surface area (TPSA) is 96.5 Å². The van der Waals surface area contributed by atoms with Crippen LogP contribution in [-0.4, -0.2) is 21.4 Å². The van der Waals surface area contributed by atoms with Gasteiger partial charge in [0.2, 0.25) is 10.0 Å². The Morgan fingerprint density at radius 2 is 1.80 bits per heavy atom. The molecule has 1 heterocycles. The van der Waals surface area contributed by atoms with E-state index in [4.69, 9.17) is 4.74 Å². The third kappa shape index (κ3) is 4.14. The number of hydrogen-bond donors (Lipinski definition) is 3. The number of carbonyl (C=O) groups excluding carboxylic acids is 1.